The Labute approximate surface area is 109 Å². The molecule has 2 rings (SSSR count). The Hall–Kier alpha value is -0.450. The van der Waals surface area contributed by atoms with Crippen molar-refractivity contribution >= 4 is 15.9 Å². The van der Waals surface area contributed by atoms with Gasteiger partial charge in [-0.05, 0) is 42.5 Å². The molecule has 0 spiro atoms. The minimum Gasteiger partial charge on any atom is -0.391 e. The van der Waals surface area contributed by atoms with Crippen molar-refractivity contribution in [1.82, 2.24) is 0 Å². The van der Waals surface area contributed by atoms with E-state index in [-0.39, 0.29) is 11.7 Å². The van der Waals surface area contributed by atoms with E-state index in [9.17, 15) is 9.50 Å². The van der Waals surface area contributed by atoms with Crippen LogP contribution < -0.4 is 5.73 Å². The first-order chi connectivity index (χ1) is 8.08. The van der Waals surface area contributed by atoms with Crippen LogP contribution in [0.3, 0.4) is 0 Å². The van der Waals surface area contributed by atoms with Gasteiger partial charge in [0, 0.05) is 4.47 Å². The van der Waals surface area contributed by atoms with E-state index >= 15 is 0 Å². The highest BCUT2D eigenvalue weighted by molar-refractivity contribution is 9.10. The first-order valence-electron chi connectivity index (χ1n) is 5.97. The van der Waals surface area contributed by atoms with Crippen LogP contribution in [0.2, 0.25) is 0 Å². The number of rotatable bonds is 3. The summed E-state index contributed by atoms with van der Waals surface area (Å²) in [5.74, 6) is -0.0736. The number of aliphatic hydroxyl groups is 1. The Morgan fingerprint density at radius 3 is 2.53 bits per heavy atom. The number of hydrogen-bond donors (Lipinski definition) is 2. The normalized spacial score (nSPS) is 20.5. The van der Waals surface area contributed by atoms with Gasteiger partial charge in [0.25, 0.3) is 0 Å². The third-order valence-corrected chi connectivity index (χ3v) is 3.98. The average Bonchev–Trinajstić information content (AvgIpc) is 2.79. The topological polar surface area (TPSA) is 46.2 Å². The number of halogens is 2. The molecule has 0 heterocycles. The second-order valence-electron chi connectivity index (χ2n) is 4.76. The molecule has 0 saturated heterocycles. The summed E-state index contributed by atoms with van der Waals surface area (Å²) in [5, 5.41) is 10.2. The molecule has 0 amide bonds. The van der Waals surface area contributed by atoms with Gasteiger partial charge in [0.05, 0.1) is 12.1 Å². The van der Waals surface area contributed by atoms with Crippen LogP contribution in [0.4, 0.5) is 4.39 Å². The fourth-order valence-corrected chi connectivity index (χ4v) is 3.04. The molecule has 1 aromatic carbocycles. The fraction of sp³-hybridized carbons (Fsp3) is 0.538. The minimum atomic E-state index is -0.578. The fourth-order valence-electron chi connectivity index (χ4n) is 2.56. The van der Waals surface area contributed by atoms with E-state index in [1.165, 1.54) is 12.1 Å². The zero-order valence-corrected chi connectivity index (χ0v) is 11.2. The molecule has 1 aliphatic carbocycles. The van der Waals surface area contributed by atoms with Crippen LogP contribution in [-0.4, -0.2) is 11.2 Å². The minimum absolute atomic E-state index is 0.257. The van der Waals surface area contributed by atoms with Gasteiger partial charge in [0.2, 0.25) is 0 Å². The van der Waals surface area contributed by atoms with Crippen molar-refractivity contribution < 1.29 is 9.50 Å². The summed E-state index contributed by atoms with van der Waals surface area (Å²) in [4.78, 5) is 0. The van der Waals surface area contributed by atoms with Gasteiger partial charge in [-0.1, -0.05) is 28.8 Å². The van der Waals surface area contributed by atoms with Gasteiger partial charge in [-0.15, -0.1) is 0 Å². The van der Waals surface area contributed by atoms with E-state index in [1.54, 1.807) is 6.07 Å². The standard InChI is InChI=1S/C13H17BrFNO/c14-10-5-9(6-11(15)7-10)12(16)13(17)8-3-1-2-4-8/h5-8,12-13,17H,1-4,16H2/t12-,13+/m1/s1. The van der Waals surface area contributed by atoms with Crippen LogP contribution in [0.1, 0.15) is 37.3 Å². The molecule has 94 valence electrons. The van der Waals surface area contributed by atoms with Crippen molar-refractivity contribution in [3.8, 4) is 0 Å². The molecule has 17 heavy (non-hydrogen) atoms. The summed E-state index contributed by atoms with van der Waals surface area (Å²) < 4.78 is 13.9. The van der Waals surface area contributed by atoms with Crippen molar-refractivity contribution in [1.29, 1.82) is 0 Å². The Morgan fingerprint density at radius 2 is 1.94 bits per heavy atom. The molecule has 1 aliphatic rings. The molecule has 4 heteroatoms. The predicted octanol–water partition coefficient (Wildman–Crippen LogP) is 3.14. The average molecular weight is 302 g/mol. The van der Waals surface area contributed by atoms with E-state index in [1.807, 2.05) is 0 Å². The van der Waals surface area contributed by atoms with Crippen LogP contribution in [0.5, 0.6) is 0 Å². The summed E-state index contributed by atoms with van der Waals surface area (Å²) >= 11 is 3.24. The number of aliphatic hydroxyl groups excluding tert-OH is 1. The van der Waals surface area contributed by atoms with Crippen molar-refractivity contribution in [3.63, 3.8) is 0 Å². The molecule has 1 saturated carbocycles. The Balaban J connectivity index is 2.14. The lowest BCUT2D eigenvalue weighted by molar-refractivity contribution is 0.0844. The van der Waals surface area contributed by atoms with Crippen molar-refractivity contribution in [2.24, 2.45) is 11.7 Å². The third kappa shape index (κ3) is 3.06. The quantitative estimate of drug-likeness (QED) is 0.901. The molecule has 0 unspecified atom stereocenters. The first kappa shape index (κ1) is 13.0. The monoisotopic (exact) mass is 301 g/mol. The molecule has 2 atom stereocenters. The number of benzene rings is 1. The SMILES string of the molecule is N[C@H](c1cc(F)cc(Br)c1)[C@@H](O)C1CCCC1. The molecule has 1 aromatic rings. The second kappa shape index (κ2) is 5.46. The van der Waals surface area contributed by atoms with Crippen LogP contribution in [0, 0.1) is 11.7 Å². The highest BCUT2D eigenvalue weighted by Gasteiger charge is 2.28. The largest absolute Gasteiger partial charge is 0.391 e. The van der Waals surface area contributed by atoms with Gasteiger partial charge < -0.3 is 10.8 Å². The smallest absolute Gasteiger partial charge is 0.124 e. The van der Waals surface area contributed by atoms with Gasteiger partial charge in [0.15, 0.2) is 0 Å². The highest BCUT2D eigenvalue weighted by Crippen LogP contribution is 2.33. The van der Waals surface area contributed by atoms with Gasteiger partial charge in [-0.25, -0.2) is 4.39 Å². The molecule has 2 nitrogen and oxygen atoms in total. The summed E-state index contributed by atoms with van der Waals surface area (Å²) in [6, 6.07) is 4.04. The lowest BCUT2D eigenvalue weighted by Gasteiger charge is -2.24. The summed E-state index contributed by atoms with van der Waals surface area (Å²) in [6.45, 7) is 0. The van der Waals surface area contributed by atoms with E-state index in [0.717, 1.165) is 25.7 Å². The van der Waals surface area contributed by atoms with Crippen LogP contribution in [0.15, 0.2) is 22.7 Å². The van der Waals surface area contributed by atoms with Gasteiger partial charge in [-0.2, -0.15) is 0 Å². The maximum Gasteiger partial charge on any atom is 0.124 e. The molecular weight excluding hydrogens is 285 g/mol. The Morgan fingerprint density at radius 1 is 1.29 bits per heavy atom. The zero-order valence-electron chi connectivity index (χ0n) is 9.57. The van der Waals surface area contributed by atoms with Crippen molar-refractivity contribution in [2.45, 2.75) is 37.8 Å². The van der Waals surface area contributed by atoms with E-state index in [4.69, 9.17) is 5.73 Å². The number of nitrogens with two attached hydrogens (primary N) is 1. The molecular formula is C13H17BrFNO. The Bertz CT molecular complexity index is 373. The Kier molecular flexibility index (Phi) is 4.17. The lowest BCUT2D eigenvalue weighted by atomic mass is 9.91. The van der Waals surface area contributed by atoms with Gasteiger partial charge in [0.1, 0.15) is 5.82 Å². The van der Waals surface area contributed by atoms with E-state index in [0.29, 0.717) is 10.0 Å². The maximum absolute atomic E-state index is 13.3. The summed E-state index contributed by atoms with van der Waals surface area (Å²) in [5.41, 5.74) is 6.67. The first-order valence-corrected chi connectivity index (χ1v) is 6.77. The highest BCUT2D eigenvalue weighted by atomic mass is 79.9. The molecule has 0 radical (unpaired) electrons. The van der Waals surface area contributed by atoms with Crippen LogP contribution in [-0.2, 0) is 0 Å². The van der Waals surface area contributed by atoms with Crippen LogP contribution in [0.25, 0.3) is 0 Å². The molecule has 1 fully saturated rings. The predicted molar refractivity (Wildman–Crippen MR) is 69.0 cm³/mol. The molecule has 0 bridgehead atoms. The summed E-state index contributed by atoms with van der Waals surface area (Å²) in [7, 11) is 0. The zero-order chi connectivity index (χ0) is 12.4. The van der Waals surface area contributed by atoms with Crippen molar-refractivity contribution in [2.75, 3.05) is 0 Å². The molecule has 0 aliphatic heterocycles. The van der Waals surface area contributed by atoms with Crippen LogP contribution >= 0.6 is 15.9 Å². The maximum atomic E-state index is 13.3. The van der Waals surface area contributed by atoms with E-state index < -0.39 is 12.1 Å². The number of hydrogen-bond acceptors (Lipinski definition) is 2. The summed E-state index contributed by atoms with van der Waals surface area (Å²) in [6.07, 6.45) is 3.77. The molecule has 0 aromatic heterocycles. The van der Waals surface area contributed by atoms with Gasteiger partial charge in [-0.3, -0.25) is 0 Å². The van der Waals surface area contributed by atoms with E-state index in [2.05, 4.69) is 15.9 Å². The third-order valence-electron chi connectivity index (χ3n) is 3.52. The van der Waals surface area contributed by atoms with Crippen molar-refractivity contribution in [3.05, 3.63) is 34.1 Å². The van der Waals surface area contributed by atoms with Gasteiger partial charge >= 0.3 is 0 Å². The second-order valence-corrected chi connectivity index (χ2v) is 5.68. The molecule has 3 N–H and O–H groups in total. The lowest BCUT2D eigenvalue weighted by Crippen LogP contribution is -2.32.